The molecule has 6 aliphatic rings. The number of thiophene rings is 1. The van der Waals surface area contributed by atoms with Gasteiger partial charge in [-0.25, -0.2) is 13.2 Å². The van der Waals surface area contributed by atoms with Crippen LogP contribution in [0.2, 0.25) is 5.02 Å². The summed E-state index contributed by atoms with van der Waals surface area (Å²) in [6.45, 7) is 2.29. The van der Waals surface area contributed by atoms with Crippen LogP contribution in [0.1, 0.15) is 50.5 Å². The van der Waals surface area contributed by atoms with Crippen LogP contribution >= 0.6 is 22.9 Å². The Bertz CT molecular complexity index is 2210. The minimum absolute atomic E-state index is 0.0330. The van der Waals surface area contributed by atoms with E-state index in [0.717, 1.165) is 43.6 Å². The molecule has 7 heterocycles. The molecular weight excluding hydrogens is 713 g/mol. The van der Waals surface area contributed by atoms with Crippen molar-refractivity contribution in [2.24, 2.45) is 5.92 Å². The molecule has 6 fully saturated rings. The Balaban J connectivity index is 1.06. The van der Waals surface area contributed by atoms with Gasteiger partial charge in [0.25, 0.3) is 0 Å². The lowest BCUT2D eigenvalue weighted by atomic mass is 9.95. The molecule has 10 rings (SSSR count). The van der Waals surface area contributed by atoms with Gasteiger partial charge in [-0.05, 0) is 68.7 Å². The molecule has 2 aromatic carbocycles. The zero-order valence-electron chi connectivity index (χ0n) is 28.2. The van der Waals surface area contributed by atoms with Gasteiger partial charge < -0.3 is 20.3 Å². The molecule has 270 valence electrons. The first-order valence-electron chi connectivity index (χ1n) is 18.1. The molecule has 1 saturated carbocycles. The first-order valence-corrected chi connectivity index (χ1v) is 19.3. The summed E-state index contributed by atoms with van der Waals surface area (Å²) < 4.78 is 53.2. The number of nitrogens with two attached hydrogens (primary N) is 1. The van der Waals surface area contributed by atoms with Gasteiger partial charge in [0.15, 0.2) is 5.82 Å². The average Bonchev–Trinajstić information content (AvgIpc) is 4.00. The summed E-state index contributed by atoms with van der Waals surface area (Å²) in [6.07, 6.45) is 5.18. The van der Waals surface area contributed by atoms with Crippen molar-refractivity contribution >= 4 is 60.7 Å². The number of rotatable bonds is 7. The highest BCUT2D eigenvalue weighted by Gasteiger charge is 2.55. The van der Waals surface area contributed by atoms with E-state index in [4.69, 9.17) is 27.1 Å². The van der Waals surface area contributed by atoms with Crippen LogP contribution in [-0.2, 0) is 4.79 Å². The van der Waals surface area contributed by atoms with Crippen LogP contribution in [0, 0.1) is 28.9 Å². The first kappa shape index (κ1) is 32.7. The van der Waals surface area contributed by atoms with Crippen LogP contribution in [-0.4, -0.2) is 94.3 Å². The summed E-state index contributed by atoms with van der Waals surface area (Å²) >= 11 is 7.85. The summed E-state index contributed by atoms with van der Waals surface area (Å²) in [4.78, 5) is 29.4. The molecule has 5 saturated heterocycles. The Hall–Kier alpha value is -3.90. The van der Waals surface area contributed by atoms with E-state index in [0.29, 0.717) is 43.2 Å². The van der Waals surface area contributed by atoms with Gasteiger partial charge in [0.05, 0.1) is 20.8 Å². The second-order valence-electron chi connectivity index (χ2n) is 15.4. The van der Waals surface area contributed by atoms with Crippen molar-refractivity contribution < 1.29 is 22.7 Å². The number of halogens is 4. The van der Waals surface area contributed by atoms with E-state index in [9.17, 15) is 18.8 Å². The highest BCUT2D eigenvalue weighted by atomic mass is 35.5. The number of benzene rings is 2. The molecule has 0 spiro atoms. The summed E-state index contributed by atoms with van der Waals surface area (Å²) in [7, 11) is 0. The number of carbonyl (C=O) groups excluding carboxylic acids is 1. The second-order valence-corrected chi connectivity index (χ2v) is 16.9. The number of amides is 1. The fraction of sp³-hybridized carbons (Fsp3) is 0.514. The number of nitriles is 1. The maximum atomic E-state index is 17.2. The largest absolute Gasteiger partial charge is 0.461 e. The predicted molar refractivity (Wildman–Crippen MR) is 192 cm³/mol. The van der Waals surface area contributed by atoms with Crippen LogP contribution in [0.25, 0.3) is 32.1 Å². The van der Waals surface area contributed by atoms with Crippen LogP contribution in [0.3, 0.4) is 0 Å². The second kappa shape index (κ2) is 11.8. The van der Waals surface area contributed by atoms with E-state index < -0.39 is 23.3 Å². The highest BCUT2D eigenvalue weighted by molar-refractivity contribution is 7.23. The molecule has 2 unspecified atom stereocenters. The van der Waals surface area contributed by atoms with Crippen molar-refractivity contribution in [3.05, 3.63) is 40.4 Å². The quantitative estimate of drug-likeness (QED) is 0.226. The normalized spacial score (nSPS) is 29.6. The van der Waals surface area contributed by atoms with Crippen molar-refractivity contribution in [2.45, 2.75) is 80.8 Å². The zero-order valence-corrected chi connectivity index (χ0v) is 29.8. The number of ether oxygens (including phenoxy) is 1. The third kappa shape index (κ3) is 4.99. The number of piperazine rings is 1. The van der Waals surface area contributed by atoms with Gasteiger partial charge in [-0.1, -0.05) is 17.7 Å². The van der Waals surface area contributed by atoms with E-state index >= 15 is 4.39 Å². The maximum absolute atomic E-state index is 17.2. The lowest BCUT2D eigenvalue weighted by Gasteiger charge is -2.42. The van der Waals surface area contributed by atoms with E-state index in [1.165, 1.54) is 25.0 Å². The molecule has 1 aliphatic carbocycles. The Labute approximate surface area is 306 Å². The van der Waals surface area contributed by atoms with E-state index in [2.05, 4.69) is 25.0 Å². The van der Waals surface area contributed by atoms with Crippen molar-refractivity contribution in [1.82, 2.24) is 25.1 Å². The molecule has 1 amide bonds. The molecule has 52 heavy (non-hydrogen) atoms. The standard InChI is InChI=1S/C37H36ClF3N8O2S/c38-24-10-22-30(28(41)27(24)21-6-7-25(40)32-26(21)23(12-42)33(43)52-32)45-36(51-16-37-8-1-9-48(37)13-18(39)11-37)46-34(22)47-14-19-4-5-20(15-47)49(19)35(50)31-29(44-31)17-2-3-17/h6-7,10,17-20,29,31,44H,1-5,8-9,11,13-16,43H2/t18-,19?,20?,29+,31-,37+/m1/s1. The van der Waals surface area contributed by atoms with Gasteiger partial charge in [-0.15, -0.1) is 11.3 Å². The maximum Gasteiger partial charge on any atom is 0.319 e. The molecule has 3 N–H and O–H groups in total. The molecule has 6 atom stereocenters. The van der Waals surface area contributed by atoms with Gasteiger partial charge in [0.2, 0.25) is 5.91 Å². The Kier molecular flexibility index (Phi) is 7.43. The Morgan fingerprint density at radius 3 is 2.71 bits per heavy atom. The molecule has 2 aromatic heterocycles. The summed E-state index contributed by atoms with van der Waals surface area (Å²) in [6, 6.07) is 6.33. The Morgan fingerprint density at radius 2 is 1.96 bits per heavy atom. The number of alkyl halides is 1. The lowest BCUT2D eigenvalue weighted by molar-refractivity contribution is -0.134. The van der Waals surface area contributed by atoms with Crippen LogP contribution in [0.4, 0.5) is 24.0 Å². The van der Waals surface area contributed by atoms with E-state index in [1.807, 2.05) is 6.07 Å². The minimum Gasteiger partial charge on any atom is -0.461 e. The van der Waals surface area contributed by atoms with E-state index in [-0.39, 0.29) is 85.0 Å². The summed E-state index contributed by atoms with van der Waals surface area (Å²) in [5.41, 5.74) is 5.80. The van der Waals surface area contributed by atoms with Gasteiger partial charge in [-0.2, -0.15) is 15.2 Å². The van der Waals surface area contributed by atoms with Gasteiger partial charge in [-0.3, -0.25) is 15.0 Å². The summed E-state index contributed by atoms with van der Waals surface area (Å²) in [5.74, 6) is -0.141. The molecule has 4 aromatic rings. The van der Waals surface area contributed by atoms with Crippen molar-refractivity contribution in [1.29, 1.82) is 5.26 Å². The number of nitrogen functional groups attached to an aromatic ring is 1. The number of aromatic nitrogens is 2. The van der Waals surface area contributed by atoms with Crippen LogP contribution in [0.5, 0.6) is 6.01 Å². The third-order valence-corrected chi connectivity index (χ3v) is 13.7. The molecule has 15 heteroatoms. The molecule has 10 nitrogen and oxygen atoms in total. The monoisotopic (exact) mass is 748 g/mol. The zero-order chi connectivity index (χ0) is 35.6. The van der Waals surface area contributed by atoms with Gasteiger partial charge in [0, 0.05) is 60.5 Å². The number of fused-ring (bicyclic) bond motifs is 5. The third-order valence-electron chi connectivity index (χ3n) is 12.3. The van der Waals surface area contributed by atoms with Gasteiger partial charge in [0.1, 0.15) is 47.0 Å². The number of nitrogens with one attached hydrogen (secondary N) is 1. The van der Waals surface area contributed by atoms with Crippen molar-refractivity contribution in [3.63, 3.8) is 0 Å². The number of hydrogen-bond acceptors (Lipinski definition) is 10. The van der Waals surface area contributed by atoms with Crippen molar-refractivity contribution in [3.8, 4) is 23.2 Å². The Morgan fingerprint density at radius 1 is 1.17 bits per heavy atom. The number of hydrogen-bond donors (Lipinski definition) is 2. The first-order chi connectivity index (χ1) is 25.1. The topological polar surface area (TPSA) is 134 Å². The van der Waals surface area contributed by atoms with Crippen LogP contribution < -0.4 is 20.7 Å². The molecule has 5 aliphatic heterocycles. The predicted octanol–water partition coefficient (Wildman–Crippen LogP) is 5.78. The molecular formula is C37H36ClF3N8O2S. The number of carbonyl (C=O) groups is 1. The average molecular weight is 749 g/mol. The van der Waals surface area contributed by atoms with Crippen LogP contribution in [0.15, 0.2) is 18.2 Å². The highest BCUT2D eigenvalue weighted by Crippen LogP contribution is 2.47. The number of nitrogens with zero attached hydrogens (tertiary/aromatic N) is 6. The summed E-state index contributed by atoms with van der Waals surface area (Å²) in [5, 5.41) is 14.0. The lowest BCUT2D eigenvalue weighted by Crippen LogP contribution is -2.57. The smallest absolute Gasteiger partial charge is 0.319 e. The number of anilines is 2. The SMILES string of the molecule is N#Cc1c(N)sc2c(F)ccc(-c3c(Cl)cc4c(N5CC6CCC(C5)N6C(=O)[C@@H]5N[C@H]5C5CC5)nc(OC[C@@]56CCCN5C[C@H](F)C6)nc4c3F)c12. The fourth-order valence-corrected chi connectivity index (χ4v) is 10.9. The van der Waals surface area contributed by atoms with E-state index in [1.54, 1.807) is 6.07 Å². The minimum atomic E-state index is -0.948. The van der Waals surface area contributed by atoms with Gasteiger partial charge >= 0.3 is 6.01 Å². The van der Waals surface area contributed by atoms with Crippen molar-refractivity contribution in [2.75, 3.05) is 43.4 Å². The molecule has 2 bridgehead atoms. The fourth-order valence-electron chi connectivity index (χ4n) is 9.71. The molecule has 0 radical (unpaired) electrons.